The van der Waals surface area contributed by atoms with Crippen LogP contribution in [-0.4, -0.2) is 21.0 Å². The number of carbonyl (C=O) groups is 1. The number of hydrogen-bond donors (Lipinski definition) is 1. The number of esters is 1. The summed E-state index contributed by atoms with van der Waals surface area (Å²) in [6.07, 6.45) is 3.17. The Hall–Kier alpha value is -0.630. The first-order valence-corrected chi connectivity index (χ1v) is 8.69. The lowest BCUT2D eigenvalue weighted by Gasteiger charge is -2.09. The number of sulfonamides is 1. The van der Waals surface area contributed by atoms with Crippen LogP contribution in [0.1, 0.15) is 29.6 Å². The Morgan fingerprint density at radius 1 is 1.45 bits per heavy atom. The van der Waals surface area contributed by atoms with Crippen molar-refractivity contribution in [2.24, 2.45) is 11.1 Å². The maximum atomic E-state index is 11.9. The fourth-order valence-electron chi connectivity index (χ4n) is 1.71. The second-order valence-corrected chi connectivity index (χ2v) is 7.47. The van der Waals surface area contributed by atoms with Gasteiger partial charge in [0.15, 0.2) is 0 Å². The SMILES string of the molecule is NS(=O)(=O)c1cc(C(=O)OCCC2CC2)c(Cl)cc1Br. The standard InChI is InChI=1S/C12H13BrClNO4S/c13-9-6-10(14)8(5-11(9)20(15,17)18)12(16)19-4-3-7-1-2-7/h5-7H,1-4H2,(H2,15,17,18). The van der Waals surface area contributed by atoms with E-state index >= 15 is 0 Å². The quantitative estimate of drug-likeness (QED) is 0.793. The summed E-state index contributed by atoms with van der Waals surface area (Å²) in [5.41, 5.74) is -0.00492. The maximum absolute atomic E-state index is 11.9. The van der Waals surface area contributed by atoms with Crippen molar-refractivity contribution in [3.8, 4) is 0 Å². The largest absolute Gasteiger partial charge is 0.462 e. The Balaban J connectivity index is 2.19. The topological polar surface area (TPSA) is 86.5 Å². The lowest BCUT2D eigenvalue weighted by atomic mass is 10.2. The molecule has 5 nitrogen and oxygen atoms in total. The van der Waals surface area contributed by atoms with Gasteiger partial charge in [-0.25, -0.2) is 18.4 Å². The third kappa shape index (κ3) is 3.94. The fourth-order valence-corrected chi connectivity index (χ4v) is 3.71. The summed E-state index contributed by atoms with van der Waals surface area (Å²) in [6, 6.07) is 2.44. The van der Waals surface area contributed by atoms with Gasteiger partial charge in [-0.2, -0.15) is 0 Å². The van der Waals surface area contributed by atoms with E-state index in [-0.39, 0.29) is 20.0 Å². The normalized spacial score (nSPS) is 15.2. The molecule has 0 aromatic heterocycles. The van der Waals surface area contributed by atoms with E-state index in [9.17, 15) is 13.2 Å². The van der Waals surface area contributed by atoms with Crippen molar-refractivity contribution in [1.29, 1.82) is 0 Å². The zero-order chi connectivity index (χ0) is 14.9. The van der Waals surface area contributed by atoms with Gasteiger partial charge in [-0.3, -0.25) is 0 Å². The molecular formula is C12H13BrClNO4S. The predicted octanol–water partition coefficient (Wildman–Crippen LogP) is 2.71. The van der Waals surface area contributed by atoms with E-state index in [0.29, 0.717) is 12.5 Å². The Kier molecular flexibility index (Phi) is 4.73. The smallest absolute Gasteiger partial charge is 0.339 e. The van der Waals surface area contributed by atoms with Gasteiger partial charge in [0.2, 0.25) is 10.0 Å². The minimum absolute atomic E-state index is 0.00492. The van der Waals surface area contributed by atoms with Crippen LogP contribution in [-0.2, 0) is 14.8 Å². The number of hydrogen-bond acceptors (Lipinski definition) is 4. The maximum Gasteiger partial charge on any atom is 0.339 e. The van der Waals surface area contributed by atoms with Gasteiger partial charge in [0.1, 0.15) is 0 Å². The van der Waals surface area contributed by atoms with Crippen molar-refractivity contribution < 1.29 is 17.9 Å². The molecule has 20 heavy (non-hydrogen) atoms. The average Bonchev–Trinajstić information content (AvgIpc) is 3.11. The first-order valence-electron chi connectivity index (χ1n) is 5.98. The molecule has 0 bridgehead atoms. The highest BCUT2D eigenvalue weighted by Crippen LogP contribution is 2.32. The minimum atomic E-state index is -3.94. The Bertz CT molecular complexity index is 643. The second-order valence-electron chi connectivity index (χ2n) is 4.68. The van der Waals surface area contributed by atoms with Gasteiger partial charge in [-0.05, 0) is 40.4 Å². The van der Waals surface area contributed by atoms with Crippen LogP contribution in [0.2, 0.25) is 5.02 Å². The number of rotatable bonds is 5. The Labute approximate surface area is 130 Å². The van der Waals surface area contributed by atoms with Crippen molar-refractivity contribution in [3.05, 3.63) is 27.2 Å². The second kappa shape index (κ2) is 6.01. The molecule has 0 unspecified atom stereocenters. The van der Waals surface area contributed by atoms with Crippen molar-refractivity contribution in [2.45, 2.75) is 24.2 Å². The fraction of sp³-hybridized carbons (Fsp3) is 0.417. The summed E-state index contributed by atoms with van der Waals surface area (Å²) in [5.74, 6) is -0.00350. The molecule has 110 valence electrons. The highest BCUT2D eigenvalue weighted by molar-refractivity contribution is 9.10. The number of halogens is 2. The molecule has 2 N–H and O–H groups in total. The zero-order valence-corrected chi connectivity index (χ0v) is 13.6. The molecule has 2 rings (SSSR count). The van der Waals surface area contributed by atoms with E-state index in [1.54, 1.807) is 0 Å². The molecule has 8 heteroatoms. The van der Waals surface area contributed by atoms with Crippen LogP contribution < -0.4 is 5.14 Å². The van der Waals surface area contributed by atoms with E-state index in [2.05, 4.69) is 15.9 Å². The first kappa shape index (κ1) is 15.8. The highest BCUT2D eigenvalue weighted by atomic mass is 79.9. The van der Waals surface area contributed by atoms with Crippen molar-refractivity contribution in [1.82, 2.24) is 0 Å². The van der Waals surface area contributed by atoms with Crippen LogP contribution in [0.5, 0.6) is 0 Å². The highest BCUT2D eigenvalue weighted by Gasteiger charge is 2.23. The van der Waals surface area contributed by atoms with E-state index in [4.69, 9.17) is 21.5 Å². The molecule has 1 aliphatic carbocycles. The zero-order valence-electron chi connectivity index (χ0n) is 10.4. The van der Waals surface area contributed by atoms with E-state index < -0.39 is 16.0 Å². The first-order chi connectivity index (χ1) is 9.29. The molecule has 0 saturated heterocycles. The summed E-state index contributed by atoms with van der Waals surface area (Å²) >= 11 is 8.98. The van der Waals surface area contributed by atoms with Crippen LogP contribution in [0.25, 0.3) is 0 Å². The van der Waals surface area contributed by atoms with Gasteiger partial charge < -0.3 is 4.74 Å². The minimum Gasteiger partial charge on any atom is -0.462 e. The number of carbonyl (C=O) groups excluding carboxylic acids is 1. The lowest BCUT2D eigenvalue weighted by Crippen LogP contribution is -2.15. The van der Waals surface area contributed by atoms with Crippen molar-refractivity contribution >= 4 is 43.5 Å². The molecule has 0 atom stereocenters. The molecule has 0 heterocycles. The Morgan fingerprint density at radius 3 is 2.65 bits per heavy atom. The van der Waals surface area contributed by atoms with Gasteiger partial charge in [-0.1, -0.05) is 24.4 Å². The number of nitrogens with two attached hydrogens (primary N) is 1. The molecule has 0 amide bonds. The van der Waals surface area contributed by atoms with Crippen LogP contribution in [0.15, 0.2) is 21.5 Å². The van der Waals surface area contributed by atoms with Crippen LogP contribution in [0, 0.1) is 5.92 Å². The summed E-state index contributed by atoms with van der Waals surface area (Å²) < 4.78 is 28.1. The third-order valence-electron chi connectivity index (χ3n) is 3.00. The van der Waals surface area contributed by atoms with Gasteiger partial charge in [0.05, 0.1) is 22.1 Å². The summed E-state index contributed by atoms with van der Waals surface area (Å²) in [4.78, 5) is 11.7. The van der Waals surface area contributed by atoms with E-state index in [0.717, 1.165) is 12.5 Å². The molecular weight excluding hydrogens is 370 g/mol. The number of benzene rings is 1. The van der Waals surface area contributed by atoms with Gasteiger partial charge >= 0.3 is 5.97 Å². The summed E-state index contributed by atoms with van der Waals surface area (Å²) in [6.45, 7) is 0.306. The van der Waals surface area contributed by atoms with E-state index in [1.807, 2.05) is 0 Å². The lowest BCUT2D eigenvalue weighted by molar-refractivity contribution is 0.0495. The molecule has 0 radical (unpaired) electrons. The molecule has 1 aromatic carbocycles. The van der Waals surface area contributed by atoms with E-state index in [1.165, 1.54) is 18.9 Å². The number of primary sulfonamides is 1. The van der Waals surface area contributed by atoms with Crippen LogP contribution >= 0.6 is 27.5 Å². The monoisotopic (exact) mass is 381 g/mol. The Morgan fingerprint density at radius 2 is 2.10 bits per heavy atom. The van der Waals surface area contributed by atoms with Crippen LogP contribution in [0.4, 0.5) is 0 Å². The predicted molar refractivity (Wildman–Crippen MR) is 78.1 cm³/mol. The number of ether oxygens (including phenoxy) is 1. The summed E-state index contributed by atoms with van der Waals surface area (Å²) in [7, 11) is -3.94. The molecule has 0 spiro atoms. The molecule has 1 aliphatic rings. The molecule has 1 aromatic rings. The average molecular weight is 383 g/mol. The molecule has 1 saturated carbocycles. The summed E-state index contributed by atoms with van der Waals surface area (Å²) in [5, 5.41) is 5.18. The molecule has 0 aliphatic heterocycles. The third-order valence-corrected chi connectivity index (χ3v) is 5.19. The van der Waals surface area contributed by atoms with Gasteiger partial charge in [0, 0.05) is 4.47 Å². The van der Waals surface area contributed by atoms with Crippen molar-refractivity contribution in [3.63, 3.8) is 0 Å². The molecule has 1 fully saturated rings. The van der Waals surface area contributed by atoms with Crippen LogP contribution in [0.3, 0.4) is 0 Å². The van der Waals surface area contributed by atoms with Gasteiger partial charge in [-0.15, -0.1) is 0 Å². The van der Waals surface area contributed by atoms with Crippen molar-refractivity contribution in [2.75, 3.05) is 6.61 Å². The van der Waals surface area contributed by atoms with Gasteiger partial charge in [0.25, 0.3) is 0 Å².